The van der Waals surface area contributed by atoms with Crippen LogP contribution in [-0.2, 0) is 47.7 Å². The maximum atomic E-state index is 13.0. The molecule has 0 aromatic heterocycles. The molecule has 30 heavy (non-hydrogen) atoms. The highest BCUT2D eigenvalue weighted by Crippen LogP contribution is 2.49. The van der Waals surface area contributed by atoms with Gasteiger partial charge < -0.3 is 23.8 Å². The number of ether oxygens (including phenoxy) is 4. The summed E-state index contributed by atoms with van der Waals surface area (Å²) in [6.45, 7) is -0.330. The summed E-state index contributed by atoms with van der Waals surface area (Å²) >= 11 is 0. The monoisotopic (exact) mass is 426 g/mol. The van der Waals surface area contributed by atoms with Crippen molar-refractivity contribution < 1.29 is 47.7 Å². The van der Waals surface area contributed by atoms with Gasteiger partial charge in [0.05, 0.1) is 52.8 Å². The van der Waals surface area contributed by atoms with Gasteiger partial charge in [-0.25, -0.2) is 14.4 Å². The number of esters is 4. The maximum absolute atomic E-state index is 13.0. The smallest absolute Gasteiger partial charge is 0.354 e. The standard InChI is InChI=1S/C18H22N2O10/c1-19-14(23)9-8-20(10(16(25)29-4)6-11(21)27-2)18(17(26)30-5,7-12(22)28-3)13(9)15(19)24/h6,9,13H,7-8H2,1-5H3/b10-6+/t9-,13+,18+/m0/s1. The van der Waals surface area contributed by atoms with E-state index < -0.39 is 65.2 Å². The van der Waals surface area contributed by atoms with Crippen LogP contribution in [-0.4, -0.2) is 93.1 Å². The lowest BCUT2D eigenvalue weighted by Gasteiger charge is -2.39. The zero-order chi connectivity index (χ0) is 22.8. The number of amides is 2. The maximum Gasteiger partial charge on any atom is 0.354 e. The van der Waals surface area contributed by atoms with Gasteiger partial charge in [0.1, 0.15) is 5.70 Å². The molecule has 3 atom stereocenters. The van der Waals surface area contributed by atoms with Gasteiger partial charge in [0, 0.05) is 13.6 Å². The predicted octanol–water partition coefficient (Wildman–Crippen LogP) is -1.76. The van der Waals surface area contributed by atoms with E-state index >= 15 is 0 Å². The fourth-order valence-corrected chi connectivity index (χ4v) is 3.95. The minimum Gasteiger partial charge on any atom is -0.469 e. The van der Waals surface area contributed by atoms with E-state index in [0.29, 0.717) is 0 Å². The van der Waals surface area contributed by atoms with Gasteiger partial charge in [-0.05, 0) is 0 Å². The van der Waals surface area contributed by atoms with Gasteiger partial charge in [0.2, 0.25) is 11.8 Å². The Bertz CT molecular complexity index is 835. The van der Waals surface area contributed by atoms with Crippen molar-refractivity contribution in [2.75, 3.05) is 42.0 Å². The third-order valence-electron chi connectivity index (χ3n) is 5.34. The molecule has 0 bridgehead atoms. The second-order valence-corrected chi connectivity index (χ2v) is 6.64. The number of likely N-dealkylation sites (tertiary alicyclic amines) is 2. The van der Waals surface area contributed by atoms with E-state index in [1.807, 2.05) is 0 Å². The van der Waals surface area contributed by atoms with Crippen LogP contribution in [0.25, 0.3) is 0 Å². The van der Waals surface area contributed by atoms with Crippen LogP contribution in [0.1, 0.15) is 6.42 Å². The third kappa shape index (κ3) is 3.37. The lowest BCUT2D eigenvalue weighted by Crippen LogP contribution is -2.59. The van der Waals surface area contributed by atoms with Crippen molar-refractivity contribution in [1.29, 1.82) is 0 Å². The van der Waals surface area contributed by atoms with Crippen LogP contribution in [0.15, 0.2) is 11.8 Å². The molecule has 2 rings (SSSR count). The molecule has 0 radical (unpaired) electrons. The van der Waals surface area contributed by atoms with E-state index in [1.165, 1.54) is 7.05 Å². The molecule has 2 heterocycles. The molecule has 0 aromatic carbocycles. The van der Waals surface area contributed by atoms with Crippen LogP contribution in [0.5, 0.6) is 0 Å². The minimum absolute atomic E-state index is 0.330. The second kappa shape index (κ2) is 8.51. The molecular weight excluding hydrogens is 404 g/mol. The second-order valence-electron chi connectivity index (χ2n) is 6.64. The zero-order valence-electron chi connectivity index (χ0n) is 17.1. The van der Waals surface area contributed by atoms with Gasteiger partial charge in [0.25, 0.3) is 0 Å². The quantitative estimate of drug-likeness (QED) is 0.206. The fourth-order valence-electron chi connectivity index (χ4n) is 3.95. The van der Waals surface area contributed by atoms with Crippen LogP contribution in [0.3, 0.4) is 0 Å². The summed E-state index contributed by atoms with van der Waals surface area (Å²) in [5, 5.41) is 0. The molecule has 12 nitrogen and oxygen atoms in total. The molecule has 2 aliphatic heterocycles. The summed E-state index contributed by atoms with van der Waals surface area (Å²) in [5.74, 6) is -7.73. The molecule has 0 aromatic rings. The Morgan fingerprint density at radius 2 is 1.63 bits per heavy atom. The Morgan fingerprint density at radius 3 is 2.13 bits per heavy atom. The first-order valence-electron chi connectivity index (χ1n) is 8.72. The van der Waals surface area contributed by atoms with Crippen molar-refractivity contribution in [3.8, 4) is 0 Å². The van der Waals surface area contributed by atoms with Gasteiger partial charge in [-0.1, -0.05) is 0 Å². The molecule has 164 valence electrons. The summed E-state index contributed by atoms with van der Waals surface area (Å²) in [5.41, 5.74) is -2.60. The fraction of sp³-hybridized carbons (Fsp3) is 0.556. The van der Waals surface area contributed by atoms with Crippen molar-refractivity contribution in [1.82, 2.24) is 9.80 Å². The topological polar surface area (TPSA) is 146 Å². The molecule has 0 N–H and O–H groups in total. The highest BCUT2D eigenvalue weighted by molar-refractivity contribution is 6.10. The Kier molecular flexibility index (Phi) is 6.48. The van der Waals surface area contributed by atoms with E-state index in [4.69, 9.17) is 9.47 Å². The first kappa shape index (κ1) is 22.8. The van der Waals surface area contributed by atoms with Gasteiger partial charge in [-0.15, -0.1) is 0 Å². The summed E-state index contributed by atoms with van der Waals surface area (Å²) in [4.78, 5) is 77.0. The molecule has 2 amide bonds. The number of rotatable bonds is 6. The number of hydrogen-bond donors (Lipinski definition) is 0. The molecular formula is C18H22N2O10. The highest BCUT2D eigenvalue weighted by atomic mass is 16.5. The number of methoxy groups -OCH3 is 4. The molecule has 2 fully saturated rings. The molecule has 0 unspecified atom stereocenters. The Morgan fingerprint density at radius 1 is 1.00 bits per heavy atom. The highest BCUT2D eigenvalue weighted by Gasteiger charge is 2.70. The molecule has 2 aliphatic rings. The summed E-state index contributed by atoms with van der Waals surface area (Å²) in [7, 11) is 5.45. The van der Waals surface area contributed by atoms with Crippen LogP contribution >= 0.6 is 0 Å². The molecule has 12 heteroatoms. The van der Waals surface area contributed by atoms with Crippen molar-refractivity contribution in [2.45, 2.75) is 12.0 Å². The number of hydrogen-bond acceptors (Lipinski definition) is 11. The summed E-state index contributed by atoms with van der Waals surface area (Å²) < 4.78 is 18.8. The van der Waals surface area contributed by atoms with E-state index in [1.54, 1.807) is 0 Å². The molecule has 0 aliphatic carbocycles. The number of carbonyl (C=O) groups is 6. The van der Waals surface area contributed by atoms with Gasteiger partial charge >= 0.3 is 23.9 Å². The first-order chi connectivity index (χ1) is 14.1. The average Bonchev–Trinajstić information content (AvgIpc) is 3.19. The molecule has 0 saturated carbocycles. The largest absolute Gasteiger partial charge is 0.469 e. The van der Waals surface area contributed by atoms with Crippen LogP contribution < -0.4 is 0 Å². The lowest BCUT2D eigenvalue weighted by molar-refractivity contribution is -0.165. The van der Waals surface area contributed by atoms with Crippen molar-refractivity contribution in [3.63, 3.8) is 0 Å². The molecule has 0 spiro atoms. The van der Waals surface area contributed by atoms with Gasteiger partial charge in [-0.3, -0.25) is 19.3 Å². The van der Waals surface area contributed by atoms with E-state index in [0.717, 1.165) is 44.3 Å². The average molecular weight is 426 g/mol. The SMILES string of the molecule is COC(=O)/C=C(\C(=O)OC)N1C[C@@H]2C(=O)N(C)C(=O)[C@@H]2[C@]1(CC(=O)OC)C(=O)OC. The number of fused-ring (bicyclic) bond motifs is 1. The Labute approximate surface area is 171 Å². The number of carbonyl (C=O) groups excluding carboxylic acids is 6. The summed E-state index contributed by atoms with van der Waals surface area (Å²) in [6, 6.07) is 0. The van der Waals surface area contributed by atoms with E-state index in [9.17, 15) is 28.8 Å². The Balaban J connectivity index is 2.79. The van der Waals surface area contributed by atoms with Crippen molar-refractivity contribution in [3.05, 3.63) is 11.8 Å². The van der Waals surface area contributed by atoms with Gasteiger partial charge in [0.15, 0.2) is 5.54 Å². The number of imide groups is 1. The predicted molar refractivity (Wildman–Crippen MR) is 95.0 cm³/mol. The third-order valence-corrected chi connectivity index (χ3v) is 5.34. The minimum atomic E-state index is -2.13. The van der Waals surface area contributed by atoms with Crippen molar-refractivity contribution in [2.24, 2.45) is 11.8 Å². The lowest BCUT2D eigenvalue weighted by atomic mass is 9.78. The van der Waals surface area contributed by atoms with E-state index in [-0.39, 0.29) is 6.54 Å². The first-order valence-corrected chi connectivity index (χ1v) is 8.72. The van der Waals surface area contributed by atoms with Gasteiger partial charge in [-0.2, -0.15) is 0 Å². The van der Waals surface area contributed by atoms with Crippen molar-refractivity contribution >= 4 is 35.7 Å². The van der Waals surface area contributed by atoms with Crippen LogP contribution in [0.2, 0.25) is 0 Å². The molecule has 2 saturated heterocycles. The van der Waals surface area contributed by atoms with Crippen LogP contribution in [0, 0.1) is 11.8 Å². The van der Waals surface area contributed by atoms with E-state index in [2.05, 4.69) is 9.47 Å². The normalized spacial score (nSPS) is 25.7. The Hall–Kier alpha value is -3.44. The summed E-state index contributed by atoms with van der Waals surface area (Å²) in [6.07, 6.45) is 0.0280. The zero-order valence-corrected chi connectivity index (χ0v) is 17.1. The van der Waals surface area contributed by atoms with Crippen LogP contribution in [0.4, 0.5) is 0 Å². The number of nitrogens with zero attached hydrogens (tertiary/aromatic N) is 2.